The van der Waals surface area contributed by atoms with Crippen LogP contribution in [-0.4, -0.2) is 19.8 Å². The van der Waals surface area contributed by atoms with Crippen LogP contribution in [0.4, 0.5) is 17.6 Å². The van der Waals surface area contributed by atoms with Crippen LogP contribution in [-0.2, 0) is 6.42 Å². The molecule has 0 saturated carbocycles. The van der Waals surface area contributed by atoms with Gasteiger partial charge in [-0.15, -0.1) is 10.2 Å². The topological polar surface area (TPSA) is 43.1 Å². The van der Waals surface area contributed by atoms with Crippen LogP contribution in [0.3, 0.4) is 0 Å². The molecule has 0 atom stereocenters. The number of halogens is 4. The van der Waals surface area contributed by atoms with E-state index >= 15 is 0 Å². The van der Waals surface area contributed by atoms with Crippen LogP contribution in [0.25, 0.3) is 15.5 Å². The lowest BCUT2D eigenvalue weighted by atomic mass is 10.2. The van der Waals surface area contributed by atoms with Crippen LogP contribution in [0, 0.1) is 23.3 Å². The van der Waals surface area contributed by atoms with Gasteiger partial charge in [-0.1, -0.05) is 18.3 Å². The van der Waals surface area contributed by atoms with Gasteiger partial charge < -0.3 is 0 Å². The standard InChI is InChI=1S/C11H6F4N4S/c1-2-6-16-17-11-19(6)18-10(20-11)4-3-5(12)8(14)9(15)7(4)13/h3H,2H2,1H3. The molecular formula is C11H6F4N4S. The van der Waals surface area contributed by atoms with Gasteiger partial charge in [0.1, 0.15) is 0 Å². The smallest absolute Gasteiger partial charge is 0.204 e. The Hall–Kier alpha value is -2.03. The Bertz CT molecular complexity index is 810. The minimum Gasteiger partial charge on any atom is -0.204 e. The van der Waals surface area contributed by atoms with Crippen molar-refractivity contribution in [3.63, 3.8) is 0 Å². The molecular weight excluding hydrogens is 296 g/mol. The Morgan fingerprint density at radius 1 is 1.10 bits per heavy atom. The monoisotopic (exact) mass is 302 g/mol. The van der Waals surface area contributed by atoms with Crippen molar-refractivity contribution in [3.8, 4) is 10.6 Å². The zero-order valence-corrected chi connectivity index (χ0v) is 10.8. The Kier molecular flexibility index (Phi) is 2.93. The predicted octanol–water partition coefficient (Wildman–Crippen LogP) is 2.97. The fourth-order valence-electron chi connectivity index (χ4n) is 1.72. The van der Waals surface area contributed by atoms with Crippen LogP contribution in [0.1, 0.15) is 12.7 Å². The maximum Gasteiger partial charge on any atom is 0.234 e. The highest BCUT2D eigenvalue weighted by molar-refractivity contribution is 7.19. The number of nitrogens with zero attached hydrogens (tertiary/aromatic N) is 4. The summed E-state index contributed by atoms with van der Waals surface area (Å²) < 4.78 is 54.4. The fraction of sp³-hybridized carbons (Fsp3) is 0.182. The molecule has 0 amide bonds. The molecule has 20 heavy (non-hydrogen) atoms. The first kappa shape index (κ1) is 13.0. The van der Waals surface area contributed by atoms with Gasteiger partial charge in [-0.2, -0.15) is 9.61 Å². The minimum absolute atomic E-state index is 0.0000926. The molecule has 3 aromatic rings. The van der Waals surface area contributed by atoms with Gasteiger partial charge in [0.05, 0.1) is 5.56 Å². The average Bonchev–Trinajstić information content (AvgIpc) is 3.00. The third-order valence-electron chi connectivity index (χ3n) is 2.70. The number of hydrogen-bond donors (Lipinski definition) is 0. The second-order valence-corrected chi connectivity index (χ2v) is 4.88. The first-order chi connectivity index (χ1) is 9.52. The number of fused-ring (bicyclic) bond motifs is 1. The average molecular weight is 302 g/mol. The van der Waals surface area contributed by atoms with E-state index in [9.17, 15) is 17.6 Å². The second-order valence-electron chi connectivity index (χ2n) is 3.92. The van der Waals surface area contributed by atoms with Crippen LogP contribution in [0.2, 0.25) is 0 Å². The van der Waals surface area contributed by atoms with Gasteiger partial charge in [-0.25, -0.2) is 17.6 Å². The molecule has 0 saturated heterocycles. The van der Waals surface area contributed by atoms with E-state index in [1.807, 2.05) is 6.92 Å². The number of aromatic nitrogens is 4. The third-order valence-corrected chi connectivity index (χ3v) is 3.64. The molecule has 0 N–H and O–H groups in total. The molecule has 0 bridgehead atoms. The maximum absolute atomic E-state index is 13.7. The predicted molar refractivity (Wildman–Crippen MR) is 63.3 cm³/mol. The van der Waals surface area contributed by atoms with E-state index in [0.29, 0.717) is 23.3 Å². The van der Waals surface area contributed by atoms with E-state index in [-0.39, 0.29) is 5.01 Å². The number of hydrogen-bond acceptors (Lipinski definition) is 4. The lowest BCUT2D eigenvalue weighted by Gasteiger charge is -2.02. The molecule has 0 fully saturated rings. The summed E-state index contributed by atoms with van der Waals surface area (Å²) in [5.41, 5.74) is -0.445. The van der Waals surface area contributed by atoms with Gasteiger partial charge in [-0.3, -0.25) is 0 Å². The minimum atomic E-state index is -1.86. The quantitative estimate of drug-likeness (QED) is 0.415. The molecule has 2 heterocycles. The SMILES string of the molecule is CCc1nnc2sc(-c3cc(F)c(F)c(F)c3F)nn12. The van der Waals surface area contributed by atoms with E-state index in [1.54, 1.807) is 0 Å². The van der Waals surface area contributed by atoms with E-state index in [2.05, 4.69) is 15.3 Å². The largest absolute Gasteiger partial charge is 0.234 e. The van der Waals surface area contributed by atoms with Gasteiger partial charge in [0.2, 0.25) is 4.96 Å². The van der Waals surface area contributed by atoms with Crippen LogP contribution in [0.15, 0.2) is 6.07 Å². The Morgan fingerprint density at radius 2 is 1.85 bits per heavy atom. The fourth-order valence-corrected chi connectivity index (χ4v) is 2.58. The molecule has 104 valence electrons. The molecule has 2 aromatic heterocycles. The van der Waals surface area contributed by atoms with Crippen molar-refractivity contribution >= 4 is 16.3 Å². The van der Waals surface area contributed by atoms with Crippen molar-refractivity contribution in [2.45, 2.75) is 13.3 Å². The first-order valence-electron chi connectivity index (χ1n) is 5.57. The zero-order valence-electron chi connectivity index (χ0n) is 9.99. The highest BCUT2D eigenvalue weighted by Crippen LogP contribution is 2.31. The van der Waals surface area contributed by atoms with Crippen molar-refractivity contribution in [2.24, 2.45) is 0 Å². The van der Waals surface area contributed by atoms with Gasteiger partial charge in [0.25, 0.3) is 0 Å². The summed E-state index contributed by atoms with van der Waals surface area (Å²) in [6.07, 6.45) is 0.541. The molecule has 4 nitrogen and oxygen atoms in total. The van der Waals surface area contributed by atoms with Gasteiger partial charge in [0, 0.05) is 6.42 Å². The maximum atomic E-state index is 13.7. The van der Waals surface area contributed by atoms with Crippen LogP contribution >= 0.6 is 11.3 Å². The lowest BCUT2D eigenvalue weighted by molar-refractivity contribution is 0.410. The van der Waals surface area contributed by atoms with E-state index in [0.717, 1.165) is 11.3 Å². The Morgan fingerprint density at radius 3 is 2.55 bits per heavy atom. The second kappa shape index (κ2) is 4.51. The van der Waals surface area contributed by atoms with Gasteiger partial charge >= 0.3 is 0 Å². The third kappa shape index (κ3) is 1.77. The molecule has 1 aromatic carbocycles. The van der Waals surface area contributed by atoms with Crippen molar-refractivity contribution < 1.29 is 17.6 Å². The van der Waals surface area contributed by atoms with Gasteiger partial charge in [-0.05, 0) is 6.07 Å². The summed E-state index contributed by atoms with van der Waals surface area (Å²) in [4.78, 5) is 0.362. The summed E-state index contributed by atoms with van der Waals surface area (Å²) in [6.45, 7) is 1.83. The molecule has 0 radical (unpaired) electrons. The zero-order chi connectivity index (χ0) is 14.4. The number of benzene rings is 1. The van der Waals surface area contributed by atoms with E-state index < -0.39 is 28.8 Å². The molecule has 0 aliphatic carbocycles. The van der Waals surface area contributed by atoms with Gasteiger partial charge in [0.15, 0.2) is 34.1 Å². The molecule has 3 rings (SSSR count). The first-order valence-corrected chi connectivity index (χ1v) is 6.39. The Balaban J connectivity index is 2.23. The highest BCUT2D eigenvalue weighted by Gasteiger charge is 2.22. The highest BCUT2D eigenvalue weighted by atomic mass is 32.1. The Labute approximate surface area is 113 Å². The summed E-state index contributed by atoms with van der Waals surface area (Å²) in [5, 5.41) is 11.7. The van der Waals surface area contributed by atoms with Crippen LogP contribution < -0.4 is 0 Å². The molecule has 9 heteroatoms. The molecule has 0 aliphatic heterocycles. The van der Waals surface area contributed by atoms with E-state index in [1.165, 1.54) is 4.52 Å². The summed E-state index contributed by atoms with van der Waals surface area (Å²) in [5.74, 6) is -6.12. The van der Waals surface area contributed by atoms with Crippen molar-refractivity contribution in [1.29, 1.82) is 0 Å². The van der Waals surface area contributed by atoms with E-state index in [4.69, 9.17) is 0 Å². The summed E-state index contributed by atoms with van der Waals surface area (Å²) in [6, 6.07) is 0.574. The molecule has 0 spiro atoms. The number of aryl methyl sites for hydroxylation is 1. The van der Waals surface area contributed by atoms with Crippen molar-refractivity contribution in [2.75, 3.05) is 0 Å². The number of rotatable bonds is 2. The summed E-state index contributed by atoms with van der Waals surface area (Å²) in [7, 11) is 0. The van der Waals surface area contributed by atoms with Crippen LogP contribution in [0.5, 0.6) is 0 Å². The normalized spacial score (nSPS) is 11.4. The van der Waals surface area contributed by atoms with Crippen molar-refractivity contribution in [1.82, 2.24) is 19.8 Å². The molecule has 0 aliphatic rings. The summed E-state index contributed by atoms with van der Waals surface area (Å²) >= 11 is 0.906. The van der Waals surface area contributed by atoms with Crippen molar-refractivity contribution in [3.05, 3.63) is 35.2 Å². The molecule has 0 unspecified atom stereocenters. The lowest BCUT2D eigenvalue weighted by Crippen LogP contribution is -1.99.